The summed E-state index contributed by atoms with van der Waals surface area (Å²) in [7, 11) is 0. The number of hydrogen-bond acceptors (Lipinski definition) is 4. The van der Waals surface area contributed by atoms with Crippen molar-refractivity contribution in [3.8, 4) is 11.8 Å². The molecule has 1 aromatic rings. The number of hydrogen-bond donors (Lipinski definition) is 2. The van der Waals surface area contributed by atoms with E-state index < -0.39 is 0 Å². The molecule has 20 heavy (non-hydrogen) atoms. The molecule has 1 heterocycles. The van der Waals surface area contributed by atoms with Gasteiger partial charge in [0.15, 0.2) is 0 Å². The van der Waals surface area contributed by atoms with Gasteiger partial charge in [-0.15, -0.1) is 11.3 Å². The number of aliphatic hydroxyl groups is 2. The van der Waals surface area contributed by atoms with E-state index in [1.165, 1.54) is 30.6 Å². The lowest BCUT2D eigenvalue weighted by molar-refractivity contribution is 0.146. The summed E-state index contributed by atoms with van der Waals surface area (Å²) in [5.74, 6) is 6.02. The summed E-state index contributed by atoms with van der Waals surface area (Å²) in [6.07, 6.45) is 5.68. The summed E-state index contributed by atoms with van der Waals surface area (Å²) >= 11 is 1.73. The van der Waals surface area contributed by atoms with Crippen molar-refractivity contribution < 1.29 is 10.2 Å². The summed E-state index contributed by atoms with van der Waals surface area (Å²) in [5, 5.41) is 20.0. The van der Waals surface area contributed by atoms with Crippen LogP contribution in [0, 0.1) is 11.8 Å². The molecule has 2 rings (SSSR count). The Kier molecular flexibility index (Phi) is 6.55. The summed E-state index contributed by atoms with van der Waals surface area (Å²) in [5.41, 5.74) is 1.04. The smallest absolute Gasteiger partial charge is 0.0558 e. The molecule has 0 atom stereocenters. The molecule has 1 fully saturated rings. The zero-order valence-electron chi connectivity index (χ0n) is 11.8. The van der Waals surface area contributed by atoms with Crippen molar-refractivity contribution in [3.63, 3.8) is 0 Å². The Labute approximate surface area is 125 Å². The summed E-state index contributed by atoms with van der Waals surface area (Å²) in [6, 6.07) is 2.77. The van der Waals surface area contributed by atoms with Gasteiger partial charge in [-0.1, -0.05) is 24.7 Å². The first-order chi connectivity index (χ1) is 9.83. The quantitative estimate of drug-likeness (QED) is 0.791. The second kappa shape index (κ2) is 8.43. The van der Waals surface area contributed by atoms with Gasteiger partial charge in [-0.2, -0.15) is 0 Å². The molecule has 1 aliphatic rings. The maximum absolute atomic E-state index is 9.24. The molecule has 1 aliphatic carbocycles. The third-order valence-corrected chi connectivity index (χ3v) is 4.63. The van der Waals surface area contributed by atoms with E-state index in [0.29, 0.717) is 12.5 Å². The highest BCUT2D eigenvalue weighted by atomic mass is 32.1. The van der Waals surface area contributed by atoms with Gasteiger partial charge in [0.1, 0.15) is 0 Å². The SMILES string of the molecule is OCCC#Cc1csc(CN(CCO)C2CCCC2)c1. The van der Waals surface area contributed by atoms with Gasteiger partial charge in [0.05, 0.1) is 13.2 Å². The Morgan fingerprint density at radius 2 is 2.05 bits per heavy atom. The highest BCUT2D eigenvalue weighted by Gasteiger charge is 2.22. The van der Waals surface area contributed by atoms with E-state index >= 15 is 0 Å². The molecule has 0 radical (unpaired) electrons. The summed E-state index contributed by atoms with van der Waals surface area (Å²) < 4.78 is 0. The van der Waals surface area contributed by atoms with Crippen LogP contribution in [0.1, 0.15) is 42.5 Å². The van der Waals surface area contributed by atoms with Crippen molar-refractivity contribution in [2.45, 2.75) is 44.7 Å². The molecule has 0 aliphatic heterocycles. The second-order valence-electron chi connectivity index (χ2n) is 5.21. The Balaban J connectivity index is 1.94. The van der Waals surface area contributed by atoms with Crippen LogP contribution in [0.2, 0.25) is 0 Å². The predicted molar refractivity (Wildman–Crippen MR) is 82.7 cm³/mol. The Hall–Kier alpha value is -0.860. The fourth-order valence-electron chi connectivity index (χ4n) is 2.74. The standard InChI is InChI=1S/C16H23NO2S/c18-9-4-3-5-14-11-16(20-13-14)12-17(8-10-19)15-6-1-2-7-15/h11,13,15,18-19H,1-2,4,6-10,12H2. The second-order valence-corrected chi connectivity index (χ2v) is 6.21. The molecular formula is C16H23NO2S. The molecule has 0 amide bonds. The van der Waals surface area contributed by atoms with Crippen molar-refractivity contribution in [2.24, 2.45) is 0 Å². The van der Waals surface area contributed by atoms with Crippen LogP contribution >= 0.6 is 11.3 Å². The largest absolute Gasteiger partial charge is 0.395 e. The Bertz CT molecular complexity index is 455. The third kappa shape index (κ3) is 4.60. The molecular weight excluding hydrogens is 270 g/mol. The molecule has 110 valence electrons. The van der Waals surface area contributed by atoms with Gasteiger partial charge in [0.2, 0.25) is 0 Å². The van der Waals surface area contributed by atoms with Gasteiger partial charge in [0, 0.05) is 41.4 Å². The predicted octanol–water partition coefficient (Wildman–Crippen LogP) is 2.22. The fraction of sp³-hybridized carbons (Fsp3) is 0.625. The average Bonchev–Trinajstić information content (AvgIpc) is 3.10. The topological polar surface area (TPSA) is 43.7 Å². The van der Waals surface area contributed by atoms with Gasteiger partial charge in [-0.3, -0.25) is 4.90 Å². The summed E-state index contributed by atoms with van der Waals surface area (Å²) in [4.78, 5) is 3.71. The van der Waals surface area contributed by atoms with E-state index in [-0.39, 0.29) is 13.2 Å². The number of thiophene rings is 1. The minimum atomic E-state index is 0.121. The molecule has 0 spiro atoms. The highest BCUT2D eigenvalue weighted by molar-refractivity contribution is 7.10. The molecule has 1 aromatic heterocycles. The van der Waals surface area contributed by atoms with E-state index in [9.17, 15) is 5.11 Å². The molecule has 1 saturated carbocycles. The normalized spacial score (nSPS) is 15.6. The Morgan fingerprint density at radius 1 is 1.25 bits per heavy atom. The first-order valence-corrected chi connectivity index (χ1v) is 8.23. The van der Waals surface area contributed by atoms with E-state index in [2.05, 4.69) is 28.2 Å². The summed E-state index contributed by atoms with van der Waals surface area (Å²) in [6.45, 7) is 2.02. The van der Waals surface area contributed by atoms with Gasteiger partial charge in [-0.25, -0.2) is 0 Å². The Morgan fingerprint density at radius 3 is 2.75 bits per heavy atom. The van der Waals surface area contributed by atoms with Crippen LogP contribution < -0.4 is 0 Å². The van der Waals surface area contributed by atoms with Crippen molar-refractivity contribution in [1.82, 2.24) is 4.90 Å². The fourth-order valence-corrected chi connectivity index (χ4v) is 3.58. The molecule has 0 unspecified atom stereocenters. The van der Waals surface area contributed by atoms with Crippen LogP contribution in [-0.4, -0.2) is 40.9 Å². The van der Waals surface area contributed by atoms with Gasteiger partial charge in [0.25, 0.3) is 0 Å². The molecule has 0 aromatic carbocycles. The van der Waals surface area contributed by atoms with E-state index in [4.69, 9.17) is 5.11 Å². The lowest BCUT2D eigenvalue weighted by atomic mass is 10.2. The van der Waals surface area contributed by atoms with Gasteiger partial charge < -0.3 is 10.2 Å². The van der Waals surface area contributed by atoms with Gasteiger partial charge >= 0.3 is 0 Å². The van der Waals surface area contributed by atoms with Crippen molar-refractivity contribution in [2.75, 3.05) is 19.8 Å². The van der Waals surface area contributed by atoms with Crippen LogP contribution in [0.5, 0.6) is 0 Å². The maximum atomic E-state index is 9.24. The minimum absolute atomic E-state index is 0.121. The molecule has 4 heteroatoms. The molecule has 0 saturated heterocycles. The van der Waals surface area contributed by atoms with Crippen molar-refractivity contribution in [1.29, 1.82) is 0 Å². The number of aliphatic hydroxyl groups excluding tert-OH is 2. The molecule has 2 N–H and O–H groups in total. The van der Waals surface area contributed by atoms with E-state index in [1.807, 2.05) is 0 Å². The lowest BCUT2D eigenvalue weighted by Crippen LogP contribution is -2.34. The first-order valence-electron chi connectivity index (χ1n) is 7.35. The zero-order chi connectivity index (χ0) is 14.2. The van der Waals surface area contributed by atoms with E-state index in [1.54, 1.807) is 11.3 Å². The number of rotatable bonds is 6. The first kappa shape index (κ1) is 15.5. The zero-order valence-corrected chi connectivity index (χ0v) is 12.7. The lowest BCUT2D eigenvalue weighted by Gasteiger charge is -2.27. The van der Waals surface area contributed by atoms with Crippen LogP contribution in [-0.2, 0) is 6.54 Å². The highest BCUT2D eigenvalue weighted by Crippen LogP contribution is 2.26. The van der Waals surface area contributed by atoms with E-state index in [0.717, 1.165) is 18.7 Å². The van der Waals surface area contributed by atoms with Crippen LogP contribution in [0.4, 0.5) is 0 Å². The minimum Gasteiger partial charge on any atom is -0.395 e. The van der Waals surface area contributed by atoms with Crippen LogP contribution in [0.25, 0.3) is 0 Å². The van der Waals surface area contributed by atoms with Crippen molar-refractivity contribution >= 4 is 11.3 Å². The van der Waals surface area contributed by atoms with Crippen LogP contribution in [0.3, 0.4) is 0 Å². The van der Waals surface area contributed by atoms with Crippen LogP contribution in [0.15, 0.2) is 11.4 Å². The molecule has 0 bridgehead atoms. The monoisotopic (exact) mass is 293 g/mol. The molecule has 3 nitrogen and oxygen atoms in total. The van der Waals surface area contributed by atoms with Gasteiger partial charge in [-0.05, 0) is 18.9 Å². The number of nitrogens with zero attached hydrogens (tertiary/aromatic N) is 1. The third-order valence-electron chi connectivity index (χ3n) is 3.71. The maximum Gasteiger partial charge on any atom is 0.0558 e. The van der Waals surface area contributed by atoms with Crippen molar-refractivity contribution in [3.05, 3.63) is 21.9 Å². The average molecular weight is 293 g/mol.